The molecule has 0 radical (unpaired) electrons. The highest BCUT2D eigenvalue weighted by Crippen LogP contribution is 2.25. The van der Waals surface area contributed by atoms with E-state index in [-0.39, 0.29) is 0 Å². The van der Waals surface area contributed by atoms with E-state index in [2.05, 4.69) is 14.5 Å². The first-order valence-electron chi connectivity index (χ1n) is 9.32. The summed E-state index contributed by atoms with van der Waals surface area (Å²) < 4.78 is 13.0. The summed E-state index contributed by atoms with van der Waals surface area (Å²) in [6.45, 7) is 1.14. The summed E-state index contributed by atoms with van der Waals surface area (Å²) in [5.74, 6) is -0.238. The number of rotatable bonds is 8. The number of ether oxygens (including phenoxy) is 2. The number of benzene rings is 1. The third kappa shape index (κ3) is 3.90. The molecular formula is C22H21N3O4. The first-order chi connectivity index (χ1) is 14.2. The molecule has 0 saturated carbocycles. The first kappa shape index (κ1) is 18.9. The Morgan fingerprint density at radius 2 is 1.66 bits per heavy atom. The van der Waals surface area contributed by atoms with Crippen molar-refractivity contribution in [2.45, 2.75) is 19.1 Å². The molecule has 29 heavy (non-hydrogen) atoms. The minimum absolute atomic E-state index is 0.313. The van der Waals surface area contributed by atoms with Gasteiger partial charge in [0.1, 0.15) is 23.4 Å². The van der Waals surface area contributed by atoms with Gasteiger partial charge in [-0.2, -0.15) is 0 Å². The van der Waals surface area contributed by atoms with Crippen molar-refractivity contribution >= 4 is 28.0 Å². The van der Waals surface area contributed by atoms with Crippen molar-refractivity contribution in [2.24, 2.45) is 0 Å². The predicted octanol–water partition coefficient (Wildman–Crippen LogP) is 3.31. The molecule has 0 fully saturated rings. The third-order valence-corrected chi connectivity index (χ3v) is 4.87. The van der Waals surface area contributed by atoms with Crippen molar-refractivity contribution in [1.29, 1.82) is 0 Å². The highest BCUT2D eigenvalue weighted by atomic mass is 16.5. The molecule has 0 spiro atoms. The van der Waals surface area contributed by atoms with Crippen molar-refractivity contribution in [3.05, 3.63) is 66.5 Å². The number of aromatic nitrogens is 3. The molecule has 3 aromatic heterocycles. The fraction of sp³-hybridized carbons (Fsp3) is 0.227. The number of hydrogen-bond donors (Lipinski definition) is 1. The lowest BCUT2D eigenvalue weighted by Gasteiger charge is -2.12. The van der Waals surface area contributed by atoms with E-state index >= 15 is 0 Å². The molecule has 0 bridgehead atoms. The van der Waals surface area contributed by atoms with Crippen LogP contribution in [-0.4, -0.2) is 45.4 Å². The molecule has 148 valence electrons. The normalized spacial score (nSPS) is 12.3. The smallest absolute Gasteiger partial charge is 0.333 e. The highest BCUT2D eigenvalue weighted by molar-refractivity contribution is 6.02. The van der Waals surface area contributed by atoms with Gasteiger partial charge in [-0.1, -0.05) is 12.1 Å². The lowest BCUT2D eigenvalue weighted by molar-refractivity contribution is -0.148. The maximum Gasteiger partial charge on any atom is 0.333 e. The molecule has 0 aliphatic carbocycles. The van der Waals surface area contributed by atoms with E-state index in [9.17, 15) is 4.79 Å². The molecule has 1 N–H and O–H groups in total. The van der Waals surface area contributed by atoms with E-state index in [0.717, 1.165) is 33.4 Å². The van der Waals surface area contributed by atoms with Gasteiger partial charge in [0, 0.05) is 25.9 Å². The maximum atomic E-state index is 11.1. The number of fused-ring (bicyclic) bond motifs is 3. The lowest BCUT2D eigenvalue weighted by atomic mass is 10.1. The van der Waals surface area contributed by atoms with Crippen LogP contribution in [0.4, 0.5) is 0 Å². The van der Waals surface area contributed by atoms with Crippen molar-refractivity contribution in [1.82, 2.24) is 14.5 Å². The second-order valence-electron chi connectivity index (χ2n) is 6.65. The van der Waals surface area contributed by atoms with E-state index in [0.29, 0.717) is 19.6 Å². The van der Waals surface area contributed by atoms with E-state index in [1.165, 1.54) is 7.11 Å². The zero-order valence-corrected chi connectivity index (χ0v) is 16.0. The molecule has 0 aliphatic heterocycles. The topological polar surface area (TPSA) is 86.5 Å². The second kappa shape index (κ2) is 8.28. The molecular weight excluding hydrogens is 370 g/mol. The highest BCUT2D eigenvalue weighted by Gasteiger charge is 2.16. The van der Waals surface area contributed by atoms with Crippen LogP contribution in [0.3, 0.4) is 0 Å². The molecule has 4 aromatic rings. The Kier molecular flexibility index (Phi) is 5.39. The molecule has 0 aliphatic rings. The van der Waals surface area contributed by atoms with Crippen molar-refractivity contribution < 1.29 is 19.4 Å². The van der Waals surface area contributed by atoms with Crippen LogP contribution < -0.4 is 4.74 Å². The number of methoxy groups -OCH3 is 1. The molecule has 4 rings (SSSR count). The molecule has 1 atom stereocenters. The van der Waals surface area contributed by atoms with Gasteiger partial charge in [-0.3, -0.25) is 9.97 Å². The molecule has 7 nitrogen and oxygen atoms in total. The van der Waals surface area contributed by atoms with E-state index in [1.807, 2.05) is 48.5 Å². The zero-order chi connectivity index (χ0) is 20.2. The summed E-state index contributed by atoms with van der Waals surface area (Å²) >= 11 is 0. The minimum atomic E-state index is -0.969. The number of carboxylic acid groups (broad SMARTS) is 1. The molecule has 0 saturated heterocycles. The first-order valence-corrected chi connectivity index (χ1v) is 9.32. The summed E-state index contributed by atoms with van der Waals surface area (Å²) in [5, 5.41) is 9.09. The largest absolute Gasteiger partial charge is 0.492 e. The minimum Gasteiger partial charge on any atom is -0.492 e. The van der Waals surface area contributed by atoms with Crippen LogP contribution >= 0.6 is 0 Å². The Bertz CT molecular complexity index is 1080. The zero-order valence-electron chi connectivity index (χ0n) is 16.0. The summed E-state index contributed by atoms with van der Waals surface area (Å²) in [6, 6.07) is 15.3. The fourth-order valence-electron chi connectivity index (χ4n) is 3.43. The Morgan fingerprint density at radius 3 is 2.21 bits per heavy atom. The number of nitrogens with zero attached hydrogens (tertiary/aromatic N) is 3. The number of aliphatic carboxylic acids is 1. The van der Waals surface area contributed by atoms with Crippen LogP contribution in [-0.2, 0) is 22.5 Å². The SMILES string of the molecule is COC(Cc1ccc(OCCn2c3cccnc3c3ncccc32)cc1)C(=O)O. The molecule has 1 unspecified atom stereocenters. The van der Waals surface area contributed by atoms with Crippen LogP contribution in [0.2, 0.25) is 0 Å². The van der Waals surface area contributed by atoms with Crippen LogP contribution in [0, 0.1) is 0 Å². The Hall–Kier alpha value is -3.45. The van der Waals surface area contributed by atoms with Gasteiger partial charge in [-0.05, 0) is 42.0 Å². The van der Waals surface area contributed by atoms with Gasteiger partial charge < -0.3 is 19.1 Å². The average Bonchev–Trinajstić information content (AvgIpc) is 3.07. The molecule has 7 heteroatoms. The molecule has 3 heterocycles. The fourth-order valence-corrected chi connectivity index (χ4v) is 3.43. The number of carbonyl (C=O) groups is 1. The van der Waals surface area contributed by atoms with Gasteiger partial charge in [0.25, 0.3) is 0 Å². The third-order valence-electron chi connectivity index (χ3n) is 4.87. The summed E-state index contributed by atoms with van der Waals surface area (Å²) in [5.41, 5.74) is 4.71. The van der Waals surface area contributed by atoms with Gasteiger partial charge >= 0.3 is 5.97 Å². The Morgan fingerprint density at radius 1 is 1.03 bits per heavy atom. The van der Waals surface area contributed by atoms with Crippen molar-refractivity contribution in [3.8, 4) is 5.75 Å². The van der Waals surface area contributed by atoms with Crippen LogP contribution in [0.25, 0.3) is 22.1 Å². The van der Waals surface area contributed by atoms with Gasteiger partial charge in [0.15, 0.2) is 6.10 Å². The van der Waals surface area contributed by atoms with Gasteiger partial charge in [-0.15, -0.1) is 0 Å². The van der Waals surface area contributed by atoms with E-state index < -0.39 is 12.1 Å². The Balaban J connectivity index is 1.45. The van der Waals surface area contributed by atoms with Gasteiger partial charge in [0.05, 0.1) is 17.6 Å². The van der Waals surface area contributed by atoms with Gasteiger partial charge in [0.2, 0.25) is 0 Å². The molecule has 0 amide bonds. The predicted molar refractivity (Wildman–Crippen MR) is 109 cm³/mol. The summed E-state index contributed by atoms with van der Waals surface area (Å²) in [4.78, 5) is 20.0. The number of pyridine rings is 2. The second-order valence-corrected chi connectivity index (χ2v) is 6.65. The summed E-state index contributed by atoms with van der Waals surface area (Å²) in [7, 11) is 1.40. The summed E-state index contributed by atoms with van der Waals surface area (Å²) in [6.07, 6.45) is 3.02. The standard InChI is InChI=1S/C22H21N3O4/c1-28-19(22(26)27)14-15-6-8-16(9-7-15)29-13-12-25-17-4-2-10-23-20(17)21-18(25)5-3-11-24-21/h2-11,19H,12-14H2,1H3,(H,26,27). The van der Waals surface area contributed by atoms with Crippen LogP contribution in [0.5, 0.6) is 5.75 Å². The number of carboxylic acids is 1. The van der Waals surface area contributed by atoms with E-state index in [4.69, 9.17) is 14.6 Å². The maximum absolute atomic E-state index is 11.1. The van der Waals surface area contributed by atoms with E-state index in [1.54, 1.807) is 12.4 Å². The number of hydrogen-bond acceptors (Lipinski definition) is 5. The average molecular weight is 391 g/mol. The van der Waals surface area contributed by atoms with Crippen LogP contribution in [0.1, 0.15) is 5.56 Å². The van der Waals surface area contributed by atoms with Crippen molar-refractivity contribution in [2.75, 3.05) is 13.7 Å². The lowest BCUT2D eigenvalue weighted by Crippen LogP contribution is -2.24. The van der Waals surface area contributed by atoms with Gasteiger partial charge in [-0.25, -0.2) is 4.79 Å². The quantitative estimate of drug-likeness (QED) is 0.496. The molecule has 1 aromatic carbocycles. The van der Waals surface area contributed by atoms with Crippen LogP contribution in [0.15, 0.2) is 60.9 Å². The monoisotopic (exact) mass is 391 g/mol. The van der Waals surface area contributed by atoms with Crippen molar-refractivity contribution in [3.63, 3.8) is 0 Å². The Labute approximate surface area is 167 Å².